The molecule has 1 atom stereocenters. The maximum atomic E-state index is 11.0. The number of aromatic nitrogens is 2. The Morgan fingerprint density at radius 3 is 2.79 bits per heavy atom. The van der Waals surface area contributed by atoms with E-state index < -0.39 is 5.91 Å². The van der Waals surface area contributed by atoms with E-state index >= 15 is 0 Å². The molecule has 0 unspecified atom stereocenters. The fourth-order valence-electron chi connectivity index (χ4n) is 3.55. The molecule has 6 nitrogen and oxygen atoms in total. The van der Waals surface area contributed by atoms with Crippen LogP contribution in [-0.4, -0.2) is 26.8 Å². The molecule has 3 rings (SSSR count). The fraction of sp³-hybridized carbons (Fsp3) is 0.261. The van der Waals surface area contributed by atoms with Crippen LogP contribution in [-0.2, 0) is 17.6 Å². The SMILES string of the molecule is CC[C@H](Cc1c(C)[nH]c2ccccc12)C(=N)Cc1ccc(/C=C/C(=O)NO)cn1. The average Bonchev–Trinajstić information content (AvgIpc) is 3.05. The van der Waals surface area contributed by atoms with Crippen LogP contribution in [0.25, 0.3) is 17.0 Å². The molecule has 2 heterocycles. The van der Waals surface area contributed by atoms with Crippen LogP contribution in [0.3, 0.4) is 0 Å². The number of hydrogen-bond donors (Lipinski definition) is 4. The van der Waals surface area contributed by atoms with Crippen molar-refractivity contribution in [1.29, 1.82) is 5.41 Å². The summed E-state index contributed by atoms with van der Waals surface area (Å²) in [5.41, 5.74) is 7.39. The van der Waals surface area contributed by atoms with Crippen LogP contribution in [0, 0.1) is 18.3 Å². The Morgan fingerprint density at radius 1 is 1.31 bits per heavy atom. The van der Waals surface area contributed by atoms with Gasteiger partial charge in [-0.25, -0.2) is 5.48 Å². The molecule has 0 spiro atoms. The van der Waals surface area contributed by atoms with Gasteiger partial charge in [0.25, 0.3) is 5.91 Å². The highest BCUT2D eigenvalue weighted by atomic mass is 16.5. The van der Waals surface area contributed by atoms with Gasteiger partial charge < -0.3 is 10.4 Å². The summed E-state index contributed by atoms with van der Waals surface area (Å²) >= 11 is 0. The third kappa shape index (κ3) is 4.97. The largest absolute Gasteiger partial charge is 0.358 e. The van der Waals surface area contributed by atoms with Crippen molar-refractivity contribution < 1.29 is 10.0 Å². The zero-order chi connectivity index (χ0) is 20.8. The number of fused-ring (bicyclic) bond motifs is 1. The first-order chi connectivity index (χ1) is 14.0. The number of pyridine rings is 1. The Hall–Kier alpha value is -3.25. The molecule has 0 aliphatic carbocycles. The van der Waals surface area contributed by atoms with Crippen molar-refractivity contribution in [2.75, 3.05) is 0 Å². The molecule has 4 N–H and O–H groups in total. The van der Waals surface area contributed by atoms with Crippen LogP contribution >= 0.6 is 0 Å². The molecule has 0 bridgehead atoms. The first-order valence-electron chi connectivity index (χ1n) is 9.72. The van der Waals surface area contributed by atoms with Crippen LogP contribution in [0.2, 0.25) is 0 Å². The third-order valence-electron chi connectivity index (χ3n) is 5.22. The minimum atomic E-state index is -0.589. The maximum absolute atomic E-state index is 11.0. The summed E-state index contributed by atoms with van der Waals surface area (Å²) in [4.78, 5) is 18.9. The van der Waals surface area contributed by atoms with E-state index in [2.05, 4.69) is 42.0 Å². The third-order valence-corrected chi connectivity index (χ3v) is 5.22. The van der Waals surface area contributed by atoms with E-state index in [-0.39, 0.29) is 5.92 Å². The molecule has 2 aromatic heterocycles. The van der Waals surface area contributed by atoms with Gasteiger partial charge in [0, 0.05) is 52.6 Å². The van der Waals surface area contributed by atoms with Crippen molar-refractivity contribution in [3.05, 3.63) is 71.2 Å². The van der Waals surface area contributed by atoms with E-state index in [0.717, 1.165) is 29.6 Å². The quantitative estimate of drug-likeness (QED) is 0.200. The Bertz CT molecular complexity index is 1030. The highest BCUT2D eigenvalue weighted by Gasteiger charge is 2.18. The standard InChI is InChI=1S/C23H26N4O2/c1-3-17(12-20-15(2)26-22-7-5-4-6-19(20)22)21(24)13-18-10-8-16(14-25-18)9-11-23(28)27-29/h4-11,14,17,24,26,29H,3,12-13H2,1-2H3,(H,27,28)/b11-9+,24-21?/t17-/m1/s1. The predicted molar refractivity (Wildman–Crippen MR) is 115 cm³/mol. The van der Waals surface area contributed by atoms with Gasteiger partial charge in [-0.1, -0.05) is 31.2 Å². The van der Waals surface area contributed by atoms with Crippen molar-refractivity contribution in [1.82, 2.24) is 15.4 Å². The predicted octanol–water partition coefficient (Wildman–Crippen LogP) is 4.22. The van der Waals surface area contributed by atoms with Gasteiger partial charge in [-0.3, -0.25) is 15.0 Å². The van der Waals surface area contributed by atoms with Crippen molar-refractivity contribution >= 4 is 28.6 Å². The molecule has 0 radical (unpaired) electrons. The molecular weight excluding hydrogens is 364 g/mol. The molecule has 0 aliphatic rings. The molecule has 29 heavy (non-hydrogen) atoms. The number of H-pyrrole nitrogens is 1. The van der Waals surface area contributed by atoms with Crippen molar-refractivity contribution in [3.8, 4) is 0 Å². The van der Waals surface area contributed by atoms with Crippen LogP contribution in [0.1, 0.15) is 35.9 Å². The summed E-state index contributed by atoms with van der Waals surface area (Å²) in [5.74, 6) is -0.434. The van der Waals surface area contributed by atoms with E-state index in [9.17, 15) is 4.79 Å². The van der Waals surface area contributed by atoms with E-state index in [1.54, 1.807) is 17.8 Å². The maximum Gasteiger partial charge on any atom is 0.267 e. The number of carbonyl (C=O) groups excluding carboxylic acids is 1. The summed E-state index contributed by atoms with van der Waals surface area (Å²) < 4.78 is 0. The number of rotatable bonds is 8. The number of aromatic amines is 1. The second kappa shape index (κ2) is 9.30. The van der Waals surface area contributed by atoms with E-state index in [1.165, 1.54) is 22.7 Å². The molecule has 6 heteroatoms. The highest BCUT2D eigenvalue weighted by molar-refractivity contribution is 5.91. The summed E-state index contributed by atoms with van der Waals surface area (Å²) in [6.07, 6.45) is 6.70. The first kappa shape index (κ1) is 20.5. The van der Waals surface area contributed by atoms with Crippen LogP contribution in [0.4, 0.5) is 0 Å². The van der Waals surface area contributed by atoms with Gasteiger partial charge in [-0.2, -0.15) is 0 Å². The number of hydroxylamine groups is 1. The summed E-state index contributed by atoms with van der Waals surface area (Å²) in [5, 5.41) is 18.4. The minimum absolute atomic E-state index is 0.155. The van der Waals surface area contributed by atoms with Crippen molar-refractivity contribution in [2.45, 2.75) is 33.1 Å². The zero-order valence-electron chi connectivity index (χ0n) is 16.7. The molecule has 0 aliphatic heterocycles. The molecule has 0 saturated carbocycles. The average molecular weight is 390 g/mol. The van der Waals surface area contributed by atoms with Gasteiger partial charge >= 0.3 is 0 Å². The van der Waals surface area contributed by atoms with Crippen LogP contribution < -0.4 is 5.48 Å². The summed E-state index contributed by atoms with van der Waals surface area (Å²) in [7, 11) is 0. The Kier molecular flexibility index (Phi) is 6.57. The normalized spacial score (nSPS) is 12.4. The number of para-hydroxylation sites is 1. The number of carbonyl (C=O) groups is 1. The van der Waals surface area contributed by atoms with Gasteiger partial charge in [0.1, 0.15) is 0 Å². The van der Waals surface area contributed by atoms with Crippen molar-refractivity contribution in [2.24, 2.45) is 5.92 Å². The molecule has 150 valence electrons. The molecule has 1 aromatic carbocycles. The lowest BCUT2D eigenvalue weighted by Crippen LogP contribution is -2.18. The fourth-order valence-corrected chi connectivity index (χ4v) is 3.55. The lowest BCUT2D eigenvalue weighted by molar-refractivity contribution is -0.124. The summed E-state index contributed by atoms with van der Waals surface area (Å²) in [6, 6.07) is 12.0. The molecule has 0 saturated heterocycles. The smallest absolute Gasteiger partial charge is 0.267 e. The summed E-state index contributed by atoms with van der Waals surface area (Å²) in [6.45, 7) is 4.22. The first-order valence-corrected chi connectivity index (χ1v) is 9.72. The molecular formula is C23H26N4O2. The topological polar surface area (TPSA) is 102 Å². The number of aryl methyl sites for hydroxylation is 1. The number of hydrogen-bond acceptors (Lipinski definition) is 4. The van der Waals surface area contributed by atoms with Gasteiger partial charge in [0.15, 0.2) is 0 Å². The zero-order valence-corrected chi connectivity index (χ0v) is 16.7. The van der Waals surface area contributed by atoms with E-state index in [1.807, 2.05) is 18.2 Å². The Balaban J connectivity index is 1.69. The Morgan fingerprint density at radius 2 is 2.10 bits per heavy atom. The van der Waals surface area contributed by atoms with Gasteiger partial charge in [0.05, 0.1) is 0 Å². The monoisotopic (exact) mass is 390 g/mol. The van der Waals surface area contributed by atoms with Crippen LogP contribution in [0.5, 0.6) is 0 Å². The minimum Gasteiger partial charge on any atom is -0.358 e. The lowest BCUT2D eigenvalue weighted by atomic mass is 9.89. The number of nitrogens with zero attached hydrogens (tertiary/aromatic N) is 1. The number of benzene rings is 1. The van der Waals surface area contributed by atoms with Gasteiger partial charge in [-0.15, -0.1) is 0 Å². The second-order valence-electron chi connectivity index (χ2n) is 7.18. The number of nitrogens with one attached hydrogen (secondary N) is 3. The number of amides is 1. The van der Waals surface area contributed by atoms with Gasteiger partial charge in [-0.05, 0) is 49.1 Å². The second-order valence-corrected chi connectivity index (χ2v) is 7.18. The lowest BCUT2D eigenvalue weighted by Gasteiger charge is -2.17. The molecule has 0 fully saturated rings. The van der Waals surface area contributed by atoms with E-state index in [0.29, 0.717) is 12.1 Å². The van der Waals surface area contributed by atoms with Gasteiger partial charge in [0.2, 0.25) is 0 Å². The van der Waals surface area contributed by atoms with Crippen molar-refractivity contribution in [3.63, 3.8) is 0 Å². The van der Waals surface area contributed by atoms with E-state index in [4.69, 9.17) is 10.6 Å². The molecule has 3 aromatic rings. The Labute approximate surface area is 170 Å². The van der Waals surface area contributed by atoms with Crippen LogP contribution in [0.15, 0.2) is 48.7 Å². The molecule has 1 amide bonds. The highest BCUT2D eigenvalue weighted by Crippen LogP contribution is 2.26.